The molecular formula is C23H16N4O2S2. The minimum atomic E-state index is -0.400. The Morgan fingerprint density at radius 3 is 2.71 bits per heavy atom. The van der Waals surface area contributed by atoms with E-state index in [-0.39, 0.29) is 5.69 Å². The lowest BCUT2D eigenvalue weighted by atomic mass is 10.2. The molecule has 3 aromatic heterocycles. The summed E-state index contributed by atoms with van der Waals surface area (Å²) in [5, 5.41) is 18.7. The van der Waals surface area contributed by atoms with Gasteiger partial charge in [-0.15, -0.1) is 22.7 Å². The van der Waals surface area contributed by atoms with Gasteiger partial charge in [0.25, 0.3) is 5.69 Å². The van der Waals surface area contributed by atoms with Crippen molar-refractivity contribution in [1.82, 2.24) is 14.8 Å². The van der Waals surface area contributed by atoms with Crippen LogP contribution in [0.15, 0.2) is 72.2 Å². The molecule has 0 aliphatic heterocycles. The second-order valence-electron chi connectivity index (χ2n) is 6.89. The van der Waals surface area contributed by atoms with Gasteiger partial charge in [-0.2, -0.15) is 5.10 Å². The lowest BCUT2D eigenvalue weighted by molar-refractivity contribution is -0.384. The number of thiazole rings is 1. The van der Waals surface area contributed by atoms with E-state index in [9.17, 15) is 10.1 Å². The third-order valence-corrected chi connectivity index (χ3v) is 6.61. The van der Waals surface area contributed by atoms with Gasteiger partial charge < -0.3 is 0 Å². The maximum Gasteiger partial charge on any atom is 0.271 e. The van der Waals surface area contributed by atoms with E-state index in [0.717, 1.165) is 25.8 Å². The molecule has 0 amide bonds. The van der Waals surface area contributed by atoms with Crippen molar-refractivity contribution in [2.45, 2.75) is 6.54 Å². The number of hydrogen-bond acceptors (Lipinski definition) is 6. The average Bonchev–Trinajstić information content (AvgIpc) is 3.51. The van der Waals surface area contributed by atoms with Crippen molar-refractivity contribution < 1.29 is 4.92 Å². The zero-order valence-corrected chi connectivity index (χ0v) is 17.8. The number of nitro groups is 1. The summed E-state index contributed by atoms with van der Waals surface area (Å²) < 4.78 is 2.87. The third-order valence-electron chi connectivity index (χ3n) is 4.74. The molecule has 5 rings (SSSR count). The monoisotopic (exact) mass is 444 g/mol. The summed E-state index contributed by atoms with van der Waals surface area (Å²) in [5.41, 5.74) is 3.81. The maximum atomic E-state index is 11.0. The first-order chi connectivity index (χ1) is 15.2. The molecule has 0 atom stereocenters. The second-order valence-corrected chi connectivity index (χ2v) is 8.90. The molecule has 0 spiro atoms. The Labute approximate surface area is 185 Å². The van der Waals surface area contributed by atoms with Crippen molar-refractivity contribution in [3.8, 4) is 10.6 Å². The van der Waals surface area contributed by atoms with E-state index in [1.54, 1.807) is 17.4 Å². The van der Waals surface area contributed by atoms with E-state index < -0.39 is 4.92 Å². The van der Waals surface area contributed by atoms with Crippen LogP contribution < -0.4 is 0 Å². The SMILES string of the molecule is O=[N+]([O-])c1ccc2sc(C=Cc3cn(Cc4ccccc4)nc3-c3cccs3)nc2c1. The number of hydrogen-bond donors (Lipinski definition) is 0. The van der Waals surface area contributed by atoms with E-state index in [0.29, 0.717) is 12.1 Å². The standard InChI is InChI=1S/C23H16N4O2S2/c28-27(29)18-9-10-20-19(13-18)24-22(31-20)11-8-17-15-26(14-16-5-2-1-3-6-16)25-23(17)21-7-4-12-30-21/h1-13,15H,14H2. The highest BCUT2D eigenvalue weighted by molar-refractivity contribution is 7.19. The molecule has 0 saturated carbocycles. The van der Waals surface area contributed by atoms with Crippen molar-refractivity contribution in [2.75, 3.05) is 0 Å². The minimum absolute atomic E-state index is 0.0514. The molecule has 152 valence electrons. The maximum absolute atomic E-state index is 11.0. The number of aromatic nitrogens is 3. The van der Waals surface area contributed by atoms with Crippen LogP contribution in [0.4, 0.5) is 5.69 Å². The van der Waals surface area contributed by atoms with Crippen LogP contribution in [0.1, 0.15) is 16.1 Å². The van der Waals surface area contributed by atoms with Crippen LogP contribution in [0.2, 0.25) is 0 Å². The van der Waals surface area contributed by atoms with E-state index in [1.165, 1.54) is 29.0 Å². The van der Waals surface area contributed by atoms with Crippen LogP contribution in [-0.4, -0.2) is 19.7 Å². The van der Waals surface area contributed by atoms with Gasteiger partial charge in [0.15, 0.2) is 0 Å². The van der Waals surface area contributed by atoms with Crippen LogP contribution in [0, 0.1) is 10.1 Å². The van der Waals surface area contributed by atoms with E-state index in [2.05, 4.69) is 23.2 Å². The quantitative estimate of drug-likeness (QED) is 0.226. The Balaban J connectivity index is 1.48. The van der Waals surface area contributed by atoms with Crippen molar-refractivity contribution in [1.29, 1.82) is 0 Å². The average molecular weight is 445 g/mol. The number of rotatable bonds is 6. The number of thiophene rings is 1. The van der Waals surface area contributed by atoms with Crippen molar-refractivity contribution >= 4 is 50.7 Å². The second kappa shape index (κ2) is 8.25. The molecule has 8 heteroatoms. The Morgan fingerprint density at radius 1 is 1.06 bits per heavy atom. The molecule has 0 bridgehead atoms. The van der Waals surface area contributed by atoms with Gasteiger partial charge in [0, 0.05) is 23.9 Å². The van der Waals surface area contributed by atoms with Crippen LogP contribution in [0.25, 0.3) is 32.9 Å². The Hall–Kier alpha value is -3.62. The van der Waals surface area contributed by atoms with E-state index in [4.69, 9.17) is 5.10 Å². The molecule has 0 N–H and O–H groups in total. The van der Waals surface area contributed by atoms with Crippen LogP contribution >= 0.6 is 22.7 Å². The van der Waals surface area contributed by atoms with Gasteiger partial charge in [0.05, 0.1) is 26.6 Å². The Morgan fingerprint density at radius 2 is 1.94 bits per heavy atom. The van der Waals surface area contributed by atoms with Crippen LogP contribution in [0.3, 0.4) is 0 Å². The number of fused-ring (bicyclic) bond motifs is 1. The summed E-state index contributed by atoms with van der Waals surface area (Å²) in [4.78, 5) is 16.2. The fourth-order valence-corrected chi connectivity index (χ4v) is 4.88. The smallest absolute Gasteiger partial charge is 0.267 e. The fraction of sp³-hybridized carbons (Fsp3) is 0.0435. The highest BCUT2D eigenvalue weighted by atomic mass is 32.1. The van der Waals surface area contributed by atoms with Crippen molar-refractivity contribution in [3.63, 3.8) is 0 Å². The summed E-state index contributed by atoms with van der Waals surface area (Å²) in [6, 6.07) is 19.1. The number of non-ortho nitro benzene ring substituents is 1. The molecule has 5 aromatic rings. The largest absolute Gasteiger partial charge is 0.271 e. The summed E-state index contributed by atoms with van der Waals surface area (Å²) in [6.07, 6.45) is 5.99. The topological polar surface area (TPSA) is 73.8 Å². The molecule has 0 aliphatic rings. The van der Waals surface area contributed by atoms with Gasteiger partial charge in [-0.1, -0.05) is 36.4 Å². The molecular weight excluding hydrogens is 428 g/mol. The first-order valence-electron chi connectivity index (χ1n) is 9.54. The van der Waals surface area contributed by atoms with Gasteiger partial charge in [-0.05, 0) is 35.2 Å². The number of benzene rings is 2. The fourth-order valence-electron chi connectivity index (χ4n) is 3.29. The predicted molar refractivity (Wildman–Crippen MR) is 126 cm³/mol. The Kier molecular flexibility index (Phi) is 5.15. The first-order valence-corrected chi connectivity index (χ1v) is 11.2. The zero-order valence-electron chi connectivity index (χ0n) is 16.2. The molecule has 3 heterocycles. The lowest BCUT2D eigenvalue weighted by Crippen LogP contribution is -1.99. The van der Waals surface area contributed by atoms with Crippen molar-refractivity contribution in [3.05, 3.63) is 98.5 Å². The molecule has 2 aromatic carbocycles. The van der Waals surface area contributed by atoms with Gasteiger partial charge in [-0.3, -0.25) is 14.8 Å². The summed E-state index contributed by atoms with van der Waals surface area (Å²) >= 11 is 3.16. The predicted octanol–water partition coefficient (Wildman–Crippen LogP) is 6.35. The number of nitrogens with zero attached hydrogens (tertiary/aromatic N) is 4. The molecule has 0 fully saturated rings. The van der Waals surface area contributed by atoms with Gasteiger partial charge in [0.1, 0.15) is 10.7 Å². The minimum Gasteiger partial charge on any atom is -0.267 e. The van der Waals surface area contributed by atoms with Gasteiger partial charge in [0.2, 0.25) is 0 Å². The van der Waals surface area contributed by atoms with E-state index in [1.807, 2.05) is 52.7 Å². The van der Waals surface area contributed by atoms with Crippen LogP contribution in [0.5, 0.6) is 0 Å². The first kappa shape index (κ1) is 19.3. The molecule has 0 aliphatic carbocycles. The lowest BCUT2D eigenvalue weighted by Gasteiger charge is -2.00. The summed E-state index contributed by atoms with van der Waals surface area (Å²) in [5.74, 6) is 0. The van der Waals surface area contributed by atoms with Crippen LogP contribution in [-0.2, 0) is 6.54 Å². The molecule has 31 heavy (non-hydrogen) atoms. The highest BCUT2D eigenvalue weighted by Gasteiger charge is 2.12. The highest BCUT2D eigenvalue weighted by Crippen LogP contribution is 2.30. The van der Waals surface area contributed by atoms with E-state index >= 15 is 0 Å². The molecule has 6 nitrogen and oxygen atoms in total. The summed E-state index contributed by atoms with van der Waals surface area (Å²) in [7, 11) is 0. The molecule has 0 unspecified atom stereocenters. The normalized spacial score (nSPS) is 11.5. The van der Waals surface area contributed by atoms with Crippen molar-refractivity contribution in [2.24, 2.45) is 0 Å². The van der Waals surface area contributed by atoms with Gasteiger partial charge >= 0.3 is 0 Å². The zero-order chi connectivity index (χ0) is 21.2. The number of nitro benzene ring substituents is 1. The Bertz CT molecular complexity index is 1390. The summed E-state index contributed by atoms with van der Waals surface area (Å²) in [6.45, 7) is 0.692. The molecule has 0 saturated heterocycles. The molecule has 0 radical (unpaired) electrons. The van der Waals surface area contributed by atoms with Gasteiger partial charge in [-0.25, -0.2) is 4.98 Å². The third kappa shape index (κ3) is 4.16.